The number of hydrogen-bond acceptors (Lipinski definition) is 4. The fourth-order valence-corrected chi connectivity index (χ4v) is 3.41. The Kier molecular flexibility index (Phi) is 4.33. The Labute approximate surface area is 137 Å². The summed E-state index contributed by atoms with van der Waals surface area (Å²) >= 11 is 0. The zero-order valence-corrected chi connectivity index (χ0v) is 14.1. The van der Waals surface area contributed by atoms with Gasteiger partial charge in [0.1, 0.15) is 6.07 Å². The quantitative estimate of drug-likeness (QED) is 0.870. The Morgan fingerprint density at radius 2 is 2.09 bits per heavy atom. The predicted molar refractivity (Wildman–Crippen MR) is 90.8 cm³/mol. The molecule has 5 nitrogen and oxygen atoms in total. The molecule has 0 aliphatic carbocycles. The highest BCUT2D eigenvalue weighted by atomic mass is 15.5. The monoisotopic (exact) mass is 309 g/mol. The van der Waals surface area contributed by atoms with Gasteiger partial charge in [-0.1, -0.05) is 24.6 Å². The normalized spacial score (nSPS) is 18.0. The summed E-state index contributed by atoms with van der Waals surface area (Å²) in [5.41, 5.74) is 3.68. The molecule has 1 aromatic carbocycles. The van der Waals surface area contributed by atoms with Gasteiger partial charge in [0.05, 0.1) is 5.69 Å². The Balaban J connectivity index is 2.02. The van der Waals surface area contributed by atoms with E-state index in [2.05, 4.69) is 41.1 Å². The van der Waals surface area contributed by atoms with Crippen LogP contribution in [-0.4, -0.2) is 27.6 Å². The zero-order valence-electron chi connectivity index (χ0n) is 14.1. The minimum atomic E-state index is 0.422. The van der Waals surface area contributed by atoms with E-state index in [0.717, 1.165) is 42.9 Å². The van der Waals surface area contributed by atoms with Gasteiger partial charge in [-0.25, -0.2) is 0 Å². The minimum absolute atomic E-state index is 0.422. The average molecular weight is 309 g/mol. The van der Waals surface area contributed by atoms with Crippen LogP contribution in [-0.2, 0) is 0 Å². The van der Waals surface area contributed by atoms with Crippen LogP contribution in [0.4, 0.5) is 5.82 Å². The number of aromatic nitrogens is 3. The van der Waals surface area contributed by atoms with Crippen molar-refractivity contribution < 1.29 is 0 Å². The molecule has 0 bridgehead atoms. The molecule has 0 amide bonds. The van der Waals surface area contributed by atoms with Crippen LogP contribution in [0.5, 0.6) is 0 Å². The Hall–Kier alpha value is -2.35. The van der Waals surface area contributed by atoms with E-state index in [1.807, 2.05) is 19.1 Å². The van der Waals surface area contributed by atoms with E-state index in [4.69, 9.17) is 0 Å². The lowest BCUT2D eigenvalue weighted by atomic mass is 10.00. The molecule has 1 fully saturated rings. The van der Waals surface area contributed by atoms with Crippen LogP contribution >= 0.6 is 0 Å². The maximum absolute atomic E-state index is 9.49. The lowest BCUT2D eigenvalue weighted by Gasteiger charge is -2.35. The van der Waals surface area contributed by atoms with E-state index in [9.17, 15) is 5.26 Å². The van der Waals surface area contributed by atoms with Crippen molar-refractivity contribution >= 4 is 5.82 Å². The molecule has 2 aromatic rings. The highest BCUT2D eigenvalue weighted by Gasteiger charge is 2.27. The van der Waals surface area contributed by atoms with Crippen LogP contribution < -0.4 is 4.90 Å². The molecule has 0 N–H and O–H groups in total. The fourth-order valence-electron chi connectivity index (χ4n) is 3.41. The molecule has 1 atom stereocenters. The number of piperidine rings is 1. The van der Waals surface area contributed by atoms with Gasteiger partial charge in [-0.3, -0.25) is 0 Å². The first kappa shape index (κ1) is 15.5. The summed E-state index contributed by atoms with van der Waals surface area (Å²) in [7, 11) is 0. The molecule has 0 radical (unpaired) electrons. The smallest absolute Gasteiger partial charge is 0.207 e. The van der Waals surface area contributed by atoms with Gasteiger partial charge in [-0.2, -0.15) is 5.26 Å². The molecular weight excluding hydrogens is 286 g/mol. The van der Waals surface area contributed by atoms with E-state index in [1.54, 1.807) is 4.80 Å². The number of nitrogens with zero attached hydrogens (tertiary/aromatic N) is 5. The molecule has 120 valence electrons. The van der Waals surface area contributed by atoms with Gasteiger partial charge < -0.3 is 4.90 Å². The van der Waals surface area contributed by atoms with Crippen molar-refractivity contribution in [2.75, 3.05) is 11.4 Å². The van der Waals surface area contributed by atoms with E-state index in [1.165, 1.54) is 12.0 Å². The van der Waals surface area contributed by atoms with Gasteiger partial charge in [0.15, 0.2) is 5.82 Å². The third kappa shape index (κ3) is 2.94. The van der Waals surface area contributed by atoms with E-state index in [-0.39, 0.29) is 0 Å². The minimum Gasteiger partial charge on any atom is -0.350 e. The fraction of sp³-hybridized carbons (Fsp3) is 0.500. The molecule has 1 aliphatic heterocycles. The Bertz CT molecular complexity index is 740. The lowest BCUT2D eigenvalue weighted by molar-refractivity contribution is 0.446. The largest absolute Gasteiger partial charge is 0.350 e. The third-order valence-corrected chi connectivity index (χ3v) is 4.64. The second-order valence-electron chi connectivity index (χ2n) is 6.31. The Morgan fingerprint density at radius 3 is 2.78 bits per heavy atom. The van der Waals surface area contributed by atoms with Gasteiger partial charge in [-0.15, -0.1) is 15.0 Å². The molecule has 1 aromatic heterocycles. The average Bonchev–Trinajstić information content (AvgIpc) is 2.98. The molecule has 1 saturated heterocycles. The topological polar surface area (TPSA) is 57.7 Å². The number of hydrogen-bond donors (Lipinski definition) is 0. The van der Waals surface area contributed by atoms with Crippen LogP contribution in [0.15, 0.2) is 18.2 Å². The predicted octanol–water partition coefficient (Wildman–Crippen LogP) is 3.52. The number of aryl methyl sites for hydroxylation is 2. The Morgan fingerprint density at radius 1 is 1.26 bits per heavy atom. The van der Waals surface area contributed by atoms with Crippen LogP contribution in [0.3, 0.4) is 0 Å². The summed E-state index contributed by atoms with van der Waals surface area (Å²) < 4.78 is 0. The molecule has 2 heterocycles. The first-order valence-electron chi connectivity index (χ1n) is 8.35. The van der Waals surface area contributed by atoms with Crippen molar-refractivity contribution in [2.24, 2.45) is 0 Å². The zero-order chi connectivity index (χ0) is 16.4. The standard InChI is InChI=1S/C18H23N5/c1-4-15-7-5-6-10-22(15)18-16(12-19)20-23(21-18)17-9-8-13(2)11-14(17)3/h8-9,11,15H,4-7,10H2,1-3H3/t15-/m1/s1. The molecule has 0 saturated carbocycles. The van der Waals surface area contributed by atoms with Crippen molar-refractivity contribution in [3.8, 4) is 11.8 Å². The maximum atomic E-state index is 9.49. The van der Waals surface area contributed by atoms with Crippen molar-refractivity contribution in [1.82, 2.24) is 15.0 Å². The first-order chi connectivity index (χ1) is 11.1. The number of rotatable bonds is 3. The van der Waals surface area contributed by atoms with Crippen LogP contribution in [0.25, 0.3) is 5.69 Å². The highest BCUT2D eigenvalue weighted by Crippen LogP contribution is 2.27. The van der Waals surface area contributed by atoms with Crippen molar-refractivity contribution in [3.05, 3.63) is 35.0 Å². The van der Waals surface area contributed by atoms with E-state index < -0.39 is 0 Å². The van der Waals surface area contributed by atoms with Crippen molar-refractivity contribution in [2.45, 2.75) is 52.5 Å². The second kappa shape index (κ2) is 6.41. The summed E-state index contributed by atoms with van der Waals surface area (Å²) in [4.78, 5) is 3.89. The van der Waals surface area contributed by atoms with Crippen molar-refractivity contribution in [3.63, 3.8) is 0 Å². The molecular formula is C18H23N5. The summed E-state index contributed by atoms with van der Waals surface area (Å²) in [6.45, 7) is 7.27. The summed E-state index contributed by atoms with van der Waals surface area (Å²) in [5, 5.41) is 18.6. The van der Waals surface area contributed by atoms with Crippen LogP contribution in [0.2, 0.25) is 0 Å². The SMILES string of the molecule is CC[C@@H]1CCCCN1c1nn(-c2ccc(C)cc2C)nc1C#N. The van der Waals surface area contributed by atoms with Gasteiger partial charge in [0, 0.05) is 12.6 Å². The first-order valence-corrected chi connectivity index (χ1v) is 8.35. The molecule has 3 rings (SSSR count). The lowest BCUT2D eigenvalue weighted by Crippen LogP contribution is -2.39. The van der Waals surface area contributed by atoms with Gasteiger partial charge in [0.25, 0.3) is 0 Å². The summed E-state index contributed by atoms with van der Waals surface area (Å²) in [5.74, 6) is 0.735. The van der Waals surface area contributed by atoms with Gasteiger partial charge in [0.2, 0.25) is 5.69 Å². The molecule has 5 heteroatoms. The second-order valence-corrected chi connectivity index (χ2v) is 6.31. The number of anilines is 1. The van der Waals surface area contributed by atoms with E-state index in [0.29, 0.717) is 11.7 Å². The van der Waals surface area contributed by atoms with Crippen LogP contribution in [0.1, 0.15) is 49.4 Å². The van der Waals surface area contributed by atoms with Gasteiger partial charge >= 0.3 is 0 Å². The molecule has 1 aliphatic rings. The maximum Gasteiger partial charge on any atom is 0.207 e. The highest BCUT2D eigenvalue weighted by molar-refractivity contribution is 5.52. The number of benzene rings is 1. The molecule has 0 unspecified atom stereocenters. The summed E-state index contributed by atoms with van der Waals surface area (Å²) in [6, 6.07) is 8.86. The van der Waals surface area contributed by atoms with Crippen LogP contribution in [0, 0.1) is 25.2 Å². The van der Waals surface area contributed by atoms with E-state index >= 15 is 0 Å². The third-order valence-electron chi connectivity index (χ3n) is 4.64. The molecule has 0 spiro atoms. The number of nitriles is 1. The summed E-state index contributed by atoms with van der Waals surface area (Å²) in [6.07, 6.45) is 4.64. The molecule has 23 heavy (non-hydrogen) atoms. The van der Waals surface area contributed by atoms with Crippen molar-refractivity contribution in [1.29, 1.82) is 5.26 Å². The van der Waals surface area contributed by atoms with Gasteiger partial charge in [-0.05, 0) is 51.2 Å².